The molecule has 2 fully saturated rings. The molecular formula is C44H59F3N4O7. The maximum Gasteiger partial charge on any atom is 0.331 e. The lowest BCUT2D eigenvalue weighted by atomic mass is 9.68. The lowest BCUT2D eigenvalue weighted by molar-refractivity contribution is -0.131. The minimum absolute atomic E-state index is 0. The number of pyridine rings is 1. The van der Waals surface area contributed by atoms with E-state index < -0.39 is 29.8 Å². The number of carboxylic acids is 1. The molecule has 1 aromatic carbocycles. The monoisotopic (exact) mass is 812 g/mol. The number of aryl methyl sites for hydroxylation is 1. The second kappa shape index (κ2) is 19.5. The number of aliphatic carboxylic acids is 1. The minimum Gasteiger partial charge on any atom is -0.490 e. The Morgan fingerprint density at radius 2 is 1.66 bits per heavy atom. The van der Waals surface area contributed by atoms with Crippen molar-refractivity contribution in [3.63, 3.8) is 0 Å². The number of rotatable bonds is 12. The fourth-order valence-corrected chi connectivity index (χ4v) is 8.06. The van der Waals surface area contributed by atoms with E-state index in [2.05, 4.69) is 33.5 Å². The first-order valence-corrected chi connectivity index (χ1v) is 19.6. The zero-order valence-corrected chi connectivity index (χ0v) is 33.4. The average Bonchev–Trinajstić information content (AvgIpc) is 3.14. The molecule has 6 rings (SSSR count). The molecule has 0 bridgehead atoms. The van der Waals surface area contributed by atoms with Crippen molar-refractivity contribution in [2.24, 2.45) is 5.41 Å². The number of carboxylic acid groups (broad SMARTS) is 1. The smallest absolute Gasteiger partial charge is 0.331 e. The van der Waals surface area contributed by atoms with E-state index in [1.165, 1.54) is 0 Å². The SMILES string of the molecule is C.Cc1ccc([C@H](F)c2c(C3CCN(c4ncc(OCCC(C)(C)O)cn4)CC3)nc3c(c2C2CCC(F)(F)CC2)[C@@H](O)CC(C)(C)C3)cc1.O=CO/C=C/C(=O)O. The van der Waals surface area contributed by atoms with Crippen molar-refractivity contribution in [1.82, 2.24) is 15.0 Å². The summed E-state index contributed by atoms with van der Waals surface area (Å²) in [5, 5.41) is 29.4. The number of nitrogens with zero attached hydrogens (tertiary/aromatic N) is 4. The molecule has 3 heterocycles. The first kappa shape index (κ1) is 46.1. The highest BCUT2D eigenvalue weighted by Crippen LogP contribution is 2.52. The molecule has 2 aromatic heterocycles. The second-order valence-corrected chi connectivity index (χ2v) is 16.9. The van der Waals surface area contributed by atoms with Gasteiger partial charge in [-0.15, -0.1) is 0 Å². The molecule has 58 heavy (non-hydrogen) atoms. The van der Waals surface area contributed by atoms with Crippen molar-refractivity contribution < 1.29 is 47.6 Å². The fraction of sp³-hybridized carbons (Fsp3) is 0.568. The summed E-state index contributed by atoms with van der Waals surface area (Å²) in [5.74, 6) is -3.09. The number of fused-ring (bicyclic) bond motifs is 1. The van der Waals surface area contributed by atoms with E-state index in [1.54, 1.807) is 38.4 Å². The normalized spacial score (nSPS) is 19.9. The zero-order valence-electron chi connectivity index (χ0n) is 33.4. The van der Waals surface area contributed by atoms with Gasteiger partial charge in [0.1, 0.15) is 6.26 Å². The molecule has 0 radical (unpaired) electrons. The van der Waals surface area contributed by atoms with E-state index in [-0.39, 0.29) is 56.8 Å². The van der Waals surface area contributed by atoms with Crippen LogP contribution in [0, 0.1) is 12.3 Å². The molecule has 1 saturated carbocycles. The number of halogens is 3. The Morgan fingerprint density at radius 1 is 1.03 bits per heavy atom. The third kappa shape index (κ3) is 12.2. The summed E-state index contributed by atoms with van der Waals surface area (Å²) in [6.07, 6.45) is 5.50. The van der Waals surface area contributed by atoms with Gasteiger partial charge in [-0.1, -0.05) is 51.1 Å². The summed E-state index contributed by atoms with van der Waals surface area (Å²) in [6, 6.07) is 7.40. The van der Waals surface area contributed by atoms with Crippen LogP contribution in [0.3, 0.4) is 0 Å². The van der Waals surface area contributed by atoms with Crippen LogP contribution >= 0.6 is 0 Å². The molecule has 3 N–H and O–H groups in total. The summed E-state index contributed by atoms with van der Waals surface area (Å²) in [7, 11) is 0. The summed E-state index contributed by atoms with van der Waals surface area (Å²) in [4.78, 5) is 35.4. The lowest BCUT2D eigenvalue weighted by Crippen LogP contribution is -2.36. The van der Waals surface area contributed by atoms with E-state index in [9.17, 15) is 28.6 Å². The number of carbonyl (C=O) groups excluding carboxylic acids is 1. The molecule has 318 valence electrons. The molecule has 2 atom stereocenters. The van der Waals surface area contributed by atoms with Crippen molar-refractivity contribution in [3.05, 3.63) is 88.2 Å². The predicted molar refractivity (Wildman–Crippen MR) is 215 cm³/mol. The standard InChI is InChI=1S/C39H51F3N4O3.C4H4O4.CH4/c1-24-6-8-26(9-7-24)34(40)33-31(25-10-14-39(41,42)15-11-25)32-29(20-37(2,3)21-30(32)47)45-35(33)27-12-17-46(18-13-27)36-43-22-28(23-44-36)49-19-16-38(4,5)48;5-3-8-2-1-4(6)7;/h6-9,22-23,25,27,30,34,47-48H,10-21H2,1-5H3;1-3H,(H,6,7);1H4/b;2-1+;/t30-,34-;;/m0../s1. The van der Waals surface area contributed by atoms with Gasteiger partial charge in [0, 0.05) is 55.1 Å². The minimum atomic E-state index is -2.73. The summed E-state index contributed by atoms with van der Waals surface area (Å²) in [5.41, 5.74) is 3.91. The van der Waals surface area contributed by atoms with Gasteiger partial charge in [0.25, 0.3) is 6.47 Å². The Labute approximate surface area is 339 Å². The van der Waals surface area contributed by atoms with Gasteiger partial charge < -0.3 is 29.7 Å². The number of anilines is 1. The molecule has 0 unspecified atom stereocenters. The summed E-state index contributed by atoms with van der Waals surface area (Å²) < 4.78 is 55.8. The Balaban J connectivity index is 0.000000749. The van der Waals surface area contributed by atoms with Gasteiger partial charge in [-0.05, 0) is 81.8 Å². The van der Waals surface area contributed by atoms with Gasteiger partial charge >= 0.3 is 5.97 Å². The summed E-state index contributed by atoms with van der Waals surface area (Å²) >= 11 is 0. The topological polar surface area (TPSA) is 155 Å². The Morgan fingerprint density at radius 3 is 2.22 bits per heavy atom. The van der Waals surface area contributed by atoms with Gasteiger partial charge in [0.05, 0.1) is 42.5 Å². The van der Waals surface area contributed by atoms with Crippen LogP contribution in [0.4, 0.5) is 19.1 Å². The Kier molecular flexibility index (Phi) is 15.5. The van der Waals surface area contributed by atoms with E-state index in [1.807, 2.05) is 19.1 Å². The lowest BCUT2D eigenvalue weighted by Gasteiger charge is -2.41. The highest BCUT2D eigenvalue weighted by molar-refractivity contribution is 5.79. The van der Waals surface area contributed by atoms with Crippen LogP contribution in [-0.2, 0) is 20.7 Å². The van der Waals surface area contributed by atoms with E-state index >= 15 is 4.39 Å². The van der Waals surface area contributed by atoms with Crippen molar-refractivity contribution in [2.75, 3.05) is 24.6 Å². The Bertz CT molecular complexity index is 1850. The fourth-order valence-electron chi connectivity index (χ4n) is 8.06. The average molecular weight is 813 g/mol. The molecule has 11 nitrogen and oxygen atoms in total. The van der Waals surface area contributed by atoms with Crippen LogP contribution in [-0.4, -0.2) is 73.9 Å². The number of benzene rings is 1. The summed E-state index contributed by atoms with van der Waals surface area (Å²) in [6.45, 7) is 11.4. The zero-order chi connectivity index (χ0) is 41.5. The van der Waals surface area contributed by atoms with Gasteiger partial charge in [-0.2, -0.15) is 0 Å². The van der Waals surface area contributed by atoms with Gasteiger partial charge in [-0.3, -0.25) is 9.78 Å². The quantitative estimate of drug-likeness (QED) is 0.0913. The van der Waals surface area contributed by atoms with E-state index in [4.69, 9.17) is 14.8 Å². The van der Waals surface area contributed by atoms with Crippen LogP contribution in [0.2, 0.25) is 0 Å². The van der Waals surface area contributed by atoms with Crippen molar-refractivity contribution in [2.45, 2.75) is 135 Å². The third-order valence-electron chi connectivity index (χ3n) is 11.0. The van der Waals surface area contributed by atoms with Crippen molar-refractivity contribution in [1.29, 1.82) is 0 Å². The van der Waals surface area contributed by atoms with Crippen LogP contribution < -0.4 is 9.64 Å². The number of aliphatic hydroxyl groups excluding tert-OH is 1. The largest absolute Gasteiger partial charge is 0.490 e. The molecule has 2 aliphatic carbocycles. The van der Waals surface area contributed by atoms with E-state index in [0.717, 1.165) is 23.1 Å². The highest BCUT2D eigenvalue weighted by atomic mass is 19.3. The second-order valence-electron chi connectivity index (χ2n) is 16.9. The molecule has 1 aliphatic heterocycles. The number of aliphatic hydroxyl groups is 2. The number of ether oxygens (including phenoxy) is 2. The maximum absolute atomic E-state index is 17.2. The molecule has 3 aromatic rings. The van der Waals surface area contributed by atoms with Crippen LogP contribution in [0.1, 0.15) is 150 Å². The van der Waals surface area contributed by atoms with Gasteiger partial charge in [0.15, 0.2) is 11.9 Å². The molecule has 3 aliphatic rings. The molecule has 0 amide bonds. The number of hydrogen-bond acceptors (Lipinski definition) is 10. The van der Waals surface area contributed by atoms with Crippen molar-refractivity contribution >= 4 is 18.4 Å². The number of aromatic nitrogens is 3. The van der Waals surface area contributed by atoms with Crippen LogP contribution in [0.25, 0.3) is 0 Å². The first-order chi connectivity index (χ1) is 26.9. The number of hydrogen-bond donors (Lipinski definition) is 3. The van der Waals surface area contributed by atoms with Crippen molar-refractivity contribution in [3.8, 4) is 5.75 Å². The van der Waals surface area contributed by atoms with Gasteiger partial charge in [0.2, 0.25) is 11.9 Å². The van der Waals surface area contributed by atoms with Gasteiger partial charge in [-0.25, -0.2) is 27.9 Å². The Hall–Kier alpha value is -4.56. The van der Waals surface area contributed by atoms with E-state index in [0.29, 0.717) is 92.0 Å². The molecule has 1 saturated heterocycles. The molecule has 14 heteroatoms. The number of alkyl halides is 3. The first-order valence-electron chi connectivity index (χ1n) is 19.6. The molecule has 0 spiro atoms. The van der Waals surface area contributed by atoms with Crippen LogP contribution in [0.5, 0.6) is 5.75 Å². The number of carbonyl (C=O) groups is 2. The highest BCUT2D eigenvalue weighted by Gasteiger charge is 2.43. The number of piperidine rings is 1. The molecular weight excluding hydrogens is 753 g/mol. The predicted octanol–water partition coefficient (Wildman–Crippen LogP) is 8.86. The third-order valence-corrected chi connectivity index (χ3v) is 11.0. The maximum atomic E-state index is 17.2. The van der Waals surface area contributed by atoms with Crippen LogP contribution in [0.15, 0.2) is 49.0 Å².